The molecule has 0 saturated heterocycles. The molecule has 0 aliphatic carbocycles. The van der Waals surface area contributed by atoms with Crippen LogP contribution in [0.3, 0.4) is 0 Å². The van der Waals surface area contributed by atoms with Crippen LogP contribution in [0.4, 0.5) is 0 Å². The summed E-state index contributed by atoms with van der Waals surface area (Å²) in [4.78, 5) is 11.3. The largest absolute Gasteiger partial charge is 0.477 e. The van der Waals surface area contributed by atoms with Crippen molar-refractivity contribution in [2.45, 2.75) is 24.9 Å². The van der Waals surface area contributed by atoms with Crippen LogP contribution in [0, 0.1) is 0 Å². The van der Waals surface area contributed by atoms with Gasteiger partial charge in [-0.05, 0) is 18.6 Å². The van der Waals surface area contributed by atoms with Crippen molar-refractivity contribution in [1.29, 1.82) is 0 Å². The molecule has 1 N–H and O–H groups in total. The van der Waals surface area contributed by atoms with E-state index in [1.165, 1.54) is 28.2 Å². The highest BCUT2D eigenvalue weighted by molar-refractivity contribution is 7.89. The quantitative estimate of drug-likeness (QED) is 0.734. The molecule has 0 atom stereocenters. The second-order valence-corrected chi connectivity index (χ2v) is 7.41. The Kier molecular flexibility index (Phi) is 6.35. The Hall–Kier alpha value is -2.16. The second-order valence-electron chi connectivity index (χ2n) is 5.47. The molecule has 0 radical (unpaired) electrons. The van der Waals surface area contributed by atoms with E-state index < -0.39 is 16.0 Å². The number of carboxylic acid groups (broad SMARTS) is 1. The van der Waals surface area contributed by atoms with Crippen LogP contribution in [0.25, 0.3) is 0 Å². The summed E-state index contributed by atoms with van der Waals surface area (Å²) in [7, 11) is -2.34. The van der Waals surface area contributed by atoms with E-state index in [1.807, 2.05) is 30.3 Å². The fourth-order valence-corrected chi connectivity index (χ4v) is 3.93. The third kappa shape index (κ3) is 4.47. The van der Waals surface area contributed by atoms with Gasteiger partial charge >= 0.3 is 5.97 Å². The number of nitrogens with zero attached hydrogens (tertiary/aromatic N) is 2. The van der Waals surface area contributed by atoms with Gasteiger partial charge in [-0.3, -0.25) is 0 Å². The number of hydrogen-bond donors (Lipinski definition) is 1. The molecule has 0 saturated carbocycles. The van der Waals surface area contributed by atoms with Gasteiger partial charge in [0.15, 0.2) is 0 Å². The van der Waals surface area contributed by atoms with Gasteiger partial charge in [-0.2, -0.15) is 4.31 Å². The van der Waals surface area contributed by atoms with E-state index in [0.29, 0.717) is 6.54 Å². The van der Waals surface area contributed by atoms with Crippen molar-refractivity contribution in [2.24, 2.45) is 0 Å². The molecule has 1 heterocycles. The van der Waals surface area contributed by atoms with E-state index in [1.54, 1.807) is 6.92 Å². The molecule has 0 aliphatic rings. The molecule has 2 rings (SSSR count). The Bertz CT molecular complexity index is 815. The van der Waals surface area contributed by atoms with Crippen LogP contribution in [-0.2, 0) is 27.8 Å². The van der Waals surface area contributed by atoms with Crippen molar-refractivity contribution in [3.63, 3.8) is 0 Å². The SMILES string of the molecule is CCn1cc(S(=O)(=O)N(CCOC)Cc2ccccc2)cc1C(=O)O. The maximum Gasteiger partial charge on any atom is 0.352 e. The number of aromatic nitrogens is 1. The zero-order valence-electron chi connectivity index (χ0n) is 14.3. The minimum atomic E-state index is -3.85. The van der Waals surface area contributed by atoms with E-state index in [0.717, 1.165) is 5.56 Å². The first-order chi connectivity index (χ1) is 11.9. The molecule has 7 nitrogen and oxygen atoms in total. The molecule has 25 heavy (non-hydrogen) atoms. The Morgan fingerprint density at radius 1 is 1.28 bits per heavy atom. The first-order valence-corrected chi connectivity index (χ1v) is 9.30. The van der Waals surface area contributed by atoms with Crippen molar-refractivity contribution >= 4 is 16.0 Å². The van der Waals surface area contributed by atoms with E-state index in [9.17, 15) is 18.3 Å². The zero-order chi connectivity index (χ0) is 18.4. The van der Waals surface area contributed by atoms with Crippen LogP contribution in [0.2, 0.25) is 0 Å². The molecule has 0 amide bonds. The molecule has 2 aromatic rings. The molecule has 0 fully saturated rings. The highest BCUT2D eigenvalue weighted by atomic mass is 32.2. The average Bonchev–Trinajstić information content (AvgIpc) is 3.05. The van der Waals surface area contributed by atoms with Crippen molar-refractivity contribution in [1.82, 2.24) is 8.87 Å². The Balaban J connectivity index is 2.38. The van der Waals surface area contributed by atoms with E-state index in [2.05, 4.69) is 0 Å². The van der Waals surface area contributed by atoms with Crippen molar-refractivity contribution in [3.8, 4) is 0 Å². The van der Waals surface area contributed by atoms with Crippen LogP contribution in [-0.4, -0.2) is 48.6 Å². The Labute approximate surface area is 147 Å². The highest BCUT2D eigenvalue weighted by Gasteiger charge is 2.27. The summed E-state index contributed by atoms with van der Waals surface area (Å²) in [6.45, 7) is 2.73. The van der Waals surface area contributed by atoms with Gasteiger partial charge in [-0.25, -0.2) is 13.2 Å². The number of sulfonamides is 1. The number of aryl methyl sites for hydroxylation is 1. The normalized spacial score (nSPS) is 11.8. The molecule has 0 bridgehead atoms. The molecule has 0 spiro atoms. The predicted molar refractivity (Wildman–Crippen MR) is 93.0 cm³/mol. The molecular formula is C17H22N2O5S. The second kappa shape index (κ2) is 8.28. The standard InChI is InChI=1S/C17H22N2O5S/c1-3-18-13-15(11-16(18)17(20)21)25(22,23)19(9-10-24-2)12-14-7-5-4-6-8-14/h4-8,11,13H,3,9-10,12H2,1-2H3,(H,20,21). The number of carbonyl (C=O) groups is 1. The van der Waals surface area contributed by atoms with Crippen molar-refractivity contribution in [2.75, 3.05) is 20.3 Å². The van der Waals surface area contributed by atoms with Crippen molar-refractivity contribution < 1.29 is 23.1 Å². The topological polar surface area (TPSA) is 88.8 Å². The van der Waals surface area contributed by atoms with Crippen LogP contribution < -0.4 is 0 Å². The Morgan fingerprint density at radius 3 is 2.48 bits per heavy atom. The van der Waals surface area contributed by atoms with Gasteiger partial charge in [0.2, 0.25) is 10.0 Å². The van der Waals surface area contributed by atoms with Crippen LogP contribution in [0.5, 0.6) is 0 Å². The summed E-state index contributed by atoms with van der Waals surface area (Å²) in [6.07, 6.45) is 1.36. The summed E-state index contributed by atoms with van der Waals surface area (Å²) in [5.41, 5.74) is 0.794. The monoisotopic (exact) mass is 366 g/mol. The van der Waals surface area contributed by atoms with Crippen LogP contribution in [0.15, 0.2) is 47.5 Å². The number of rotatable bonds is 9. The average molecular weight is 366 g/mol. The maximum atomic E-state index is 13.0. The van der Waals surface area contributed by atoms with Gasteiger partial charge in [0, 0.05) is 32.9 Å². The van der Waals surface area contributed by atoms with E-state index in [-0.39, 0.29) is 30.3 Å². The number of aromatic carboxylic acids is 1. The Morgan fingerprint density at radius 2 is 1.96 bits per heavy atom. The van der Waals surface area contributed by atoms with Gasteiger partial charge in [0.25, 0.3) is 0 Å². The lowest BCUT2D eigenvalue weighted by molar-refractivity contribution is 0.0685. The van der Waals surface area contributed by atoms with Gasteiger partial charge < -0.3 is 14.4 Å². The van der Waals surface area contributed by atoms with Gasteiger partial charge in [0.1, 0.15) is 10.6 Å². The molecule has 1 aromatic heterocycles. The molecule has 1 aromatic carbocycles. The first kappa shape index (κ1) is 19.2. The predicted octanol–water partition coefficient (Wildman–Crippen LogP) is 2.04. The summed E-state index contributed by atoms with van der Waals surface area (Å²) in [5.74, 6) is -1.16. The number of benzene rings is 1. The van der Waals surface area contributed by atoms with E-state index >= 15 is 0 Å². The summed E-state index contributed by atoms with van der Waals surface area (Å²) in [6, 6.07) is 10.4. The lowest BCUT2D eigenvalue weighted by atomic mass is 10.2. The van der Waals surface area contributed by atoms with Crippen LogP contribution >= 0.6 is 0 Å². The fourth-order valence-electron chi connectivity index (χ4n) is 2.48. The van der Waals surface area contributed by atoms with E-state index in [4.69, 9.17) is 4.74 Å². The molecule has 8 heteroatoms. The number of methoxy groups -OCH3 is 1. The smallest absolute Gasteiger partial charge is 0.352 e. The van der Waals surface area contributed by atoms with Gasteiger partial charge in [-0.1, -0.05) is 30.3 Å². The minimum absolute atomic E-state index is 0.0289. The fraction of sp³-hybridized carbons (Fsp3) is 0.353. The third-order valence-corrected chi connectivity index (χ3v) is 5.63. The molecule has 136 valence electrons. The zero-order valence-corrected chi connectivity index (χ0v) is 15.1. The van der Waals surface area contributed by atoms with Crippen LogP contribution in [0.1, 0.15) is 23.0 Å². The lowest BCUT2D eigenvalue weighted by Gasteiger charge is -2.21. The summed E-state index contributed by atoms with van der Waals surface area (Å²) < 4.78 is 33.8. The summed E-state index contributed by atoms with van der Waals surface area (Å²) >= 11 is 0. The summed E-state index contributed by atoms with van der Waals surface area (Å²) in [5, 5.41) is 9.24. The first-order valence-electron chi connectivity index (χ1n) is 7.86. The maximum absolute atomic E-state index is 13.0. The number of hydrogen-bond acceptors (Lipinski definition) is 4. The van der Waals surface area contributed by atoms with Gasteiger partial charge in [-0.15, -0.1) is 0 Å². The molecular weight excluding hydrogens is 344 g/mol. The number of ether oxygens (including phenoxy) is 1. The minimum Gasteiger partial charge on any atom is -0.477 e. The molecule has 0 aliphatic heterocycles. The van der Waals surface area contributed by atoms with Gasteiger partial charge in [0.05, 0.1) is 6.61 Å². The highest BCUT2D eigenvalue weighted by Crippen LogP contribution is 2.21. The lowest BCUT2D eigenvalue weighted by Crippen LogP contribution is -2.33. The van der Waals surface area contributed by atoms with Crippen molar-refractivity contribution in [3.05, 3.63) is 53.9 Å². The third-order valence-electron chi connectivity index (χ3n) is 3.82. The molecule has 0 unspecified atom stereocenters. The number of carboxylic acids is 1.